The van der Waals surface area contributed by atoms with Crippen LogP contribution in [0.3, 0.4) is 0 Å². The number of rotatable bonds is 6. The SMILES string of the molecule is Cc1ccc(C(=O)NC(C(=O)Nc2ccc(-c3nc4ccc(C)cc4s3)cc2)C(C)C)cc1. The molecule has 0 spiro atoms. The summed E-state index contributed by atoms with van der Waals surface area (Å²) in [6, 6.07) is 20.5. The van der Waals surface area contributed by atoms with Crippen LogP contribution in [0.4, 0.5) is 5.69 Å². The second-order valence-electron chi connectivity index (χ2n) is 8.62. The molecule has 5 nitrogen and oxygen atoms in total. The minimum absolute atomic E-state index is 0.0649. The Balaban J connectivity index is 1.45. The number of benzene rings is 3. The number of amides is 2. The van der Waals surface area contributed by atoms with Gasteiger partial charge in [-0.2, -0.15) is 0 Å². The molecule has 0 aliphatic rings. The largest absolute Gasteiger partial charge is 0.340 e. The van der Waals surface area contributed by atoms with E-state index in [0.717, 1.165) is 26.4 Å². The molecule has 1 aromatic heterocycles. The first-order chi connectivity index (χ1) is 15.8. The van der Waals surface area contributed by atoms with Crippen molar-refractivity contribution in [2.45, 2.75) is 33.7 Å². The standard InChI is InChI=1S/C27H27N3O2S/c1-16(2)24(30-25(31)19-8-5-17(3)6-9-19)26(32)28-21-12-10-20(11-13-21)27-29-22-14-7-18(4)15-23(22)33-27/h5-16,24H,1-4H3,(H,28,32)(H,30,31). The number of nitrogens with one attached hydrogen (secondary N) is 2. The van der Waals surface area contributed by atoms with E-state index in [1.165, 1.54) is 5.56 Å². The van der Waals surface area contributed by atoms with Gasteiger partial charge in [-0.25, -0.2) is 4.98 Å². The van der Waals surface area contributed by atoms with Crippen molar-refractivity contribution >= 4 is 39.1 Å². The molecule has 1 heterocycles. The second kappa shape index (κ2) is 9.55. The number of aryl methyl sites for hydroxylation is 2. The highest BCUT2D eigenvalue weighted by molar-refractivity contribution is 7.21. The lowest BCUT2D eigenvalue weighted by molar-refractivity contribution is -0.118. The average molecular weight is 458 g/mol. The molecule has 0 bridgehead atoms. The lowest BCUT2D eigenvalue weighted by atomic mass is 10.0. The second-order valence-corrected chi connectivity index (χ2v) is 9.65. The van der Waals surface area contributed by atoms with Gasteiger partial charge < -0.3 is 10.6 Å². The van der Waals surface area contributed by atoms with Crippen molar-refractivity contribution < 1.29 is 9.59 Å². The number of carbonyl (C=O) groups is 2. The summed E-state index contributed by atoms with van der Waals surface area (Å²) in [6.07, 6.45) is 0. The summed E-state index contributed by atoms with van der Waals surface area (Å²) < 4.78 is 1.16. The molecule has 0 aliphatic heterocycles. The van der Waals surface area contributed by atoms with Gasteiger partial charge in [0.1, 0.15) is 11.0 Å². The Morgan fingerprint density at radius 3 is 2.21 bits per heavy atom. The molecular weight excluding hydrogens is 430 g/mol. The number of thiazole rings is 1. The monoisotopic (exact) mass is 457 g/mol. The molecule has 1 atom stereocenters. The van der Waals surface area contributed by atoms with Crippen molar-refractivity contribution in [2.24, 2.45) is 5.92 Å². The number of nitrogens with zero attached hydrogens (tertiary/aromatic N) is 1. The van der Waals surface area contributed by atoms with E-state index in [0.29, 0.717) is 11.3 Å². The third-order valence-electron chi connectivity index (χ3n) is 5.49. The molecule has 6 heteroatoms. The van der Waals surface area contributed by atoms with Gasteiger partial charge in [0.2, 0.25) is 5.91 Å². The highest BCUT2D eigenvalue weighted by Crippen LogP contribution is 2.31. The zero-order chi connectivity index (χ0) is 23.5. The summed E-state index contributed by atoms with van der Waals surface area (Å²) >= 11 is 1.65. The number of carbonyl (C=O) groups excluding carboxylic acids is 2. The zero-order valence-electron chi connectivity index (χ0n) is 19.2. The Hall–Kier alpha value is -3.51. The maximum atomic E-state index is 12.9. The third kappa shape index (κ3) is 5.29. The number of fused-ring (bicyclic) bond motifs is 1. The van der Waals surface area contributed by atoms with Crippen molar-refractivity contribution in [2.75, 3.05) is 5.32 Å². The van der Waals surface area contributed by atoms with Gasteiger partial charge in [0.05, 0.1) is 10.2 Å². The molecule has 0 fully saturated rings. The van der Waals surface area contributed by atoms with E-state index in [1.807, 2.05) is 63.2 Å². The Morgan fingerprint density at radius 2 is 1.55 bits per heavy atom. The molecule has 0 saturated carbocycles. The smallest absolute Gasteiger partial charge is 0.251 e. The first-order valence-corrected chi connectivity index (χ1v) is 11.8. The van der Waals surface area contributed by atoms with E-state index >= 15 is 0 Å². The topological polar surface area (TPSA) is 71.1 Å². The summed E-state index contributed by atoms with van der Waals surface area (Å²) in [5.41, 5.74) is 5.49. The Bertz CT molecular complexity index is 1290. The fourth-order valence-electron chi connectivity index (χ4n) is 3.54. The van der Waals surface area contributed by atoms with Crippen LogP contribution < -0.4 is 10.6 Å². The van der Waals surface area contributed by atoms with E-state index in [9.17, 15) is 9.59 Å². The van der Waals surface area contributed by atoms with E-state index in [1.54, 1.807) is 23.5 Å². The van der Waals surface area contributed by atoms with Gasteiger partial charge in [0.15, 0.2) is 0 Å². The fourth-order valence-corrected chi connectivity index (χ4v) is 4.61. The van der Waals surface area contributed by atoms with Crippen LogP contribution in [0.2, 0.25) is 0 Å². The molecule has 0 aliphatic carbocycles. The molecule has 0 radical (unpaired) electrons. The van der Waals surface area contributed by atoms with Crippen LogP contribution in [-0.2, 0) is 4.79 Å². The van der Waals surface area contributed by atoms with Crippen LogP contribution in [-0.4, -0.2) is 22.8 Å². The van der Waals surface area contributed by atoms with Crippen molar-refractivity contribution in [1.82, 2.24) is 10.3 Å². The minimum Gasteiger partial charge on any atom is -0.340 e. The summed E-state index contributed by atoms with van der Waals surface area (Å²) in [7, 11) is 0. The van der Waals surface area contributed by atoms with E-state index in [-0.39, 0.29) is 17.7 Å². The summed E-state index contributed by atoms with van der Waals surface area (Å²) in [6.45, 7) is 7.87. The molecule has 1 unspecified atom stereocenters. The van der Waals surface area contributed by atoms with Crippen LogP contribution in [0.5, 0.6) is 0 Å². The molecule has 2 amide bonds. The Morgan fingerprint density at radius 1 is 0.879 bits per heavy atom. The average Bonchev–Trinajstić information content (AvgIpc) is 3.21. The molecular formula is C27H27N3O2S. The van der Waals surface area contributed by atoms with Crippen LogP contribution in [0.15, 0.2) is 66.7 Å². The van der Waals surface area contributed by atoms with E-state index < -0.39 is 6.04 Å². The van der Waals surface area contributed by atoms with E-state index in [4.69, 9.17) is 4.98 Å². The first kappa shape index (κ1) is 22.7. The van der Waals surface area contributed by atoms with E-state index in [2.05, 4.69) is 29.7 Å². The van der Waals surface area contributed by atoms with Gasteiger partial charge in [-0.05, 0) is 73.9 Å². The Kier molecular flexibility index (Phi) is 6.56. The minimum atomic E-state index is -0.647. The molecule has 4 rings (SSSR count). The van der Waals surface area contributed by atoms with Crippen molar-refractivity contribution in [3.63, 3.8) is 0 Å². The van der Waals surface area contributed by atoms with Gasteiger partial charge in [0.25, 0.3) is 5.91 Å². The number of aromatic nitrogens is 1. The van der Waals surface area contributed by atoms with Gasteiger partial charge in [-0.15, -0.1) is 11.3 Å². The van der Waals surface area contributed by atoms with Crippen LogP contribution in [0.25, 0.3) is 20.8 Å². The molecule has 33 heavy (non-hydrogen) atoms. The Labute approximate surface area is 197 Å². The van der Waals surface area contributed by atoms with Gasteiger partial charge in [0, 0.05) is 16.8 Å². The van der Waals surface area contributed by atoms with Crippen molar-refractivity contribution in [1.29, 1.82) is 0 Å². The lowest BCUT2D eigenvalue weighted by Gasteiger charge is -2.22. The van der Waals surface area contributed by atoms with Gasteiger partial charge in [-0.1, -0.05) is 37.6 Å². The summed E-state index contributed by atoms with van der Waals surface area (Å²) in [4.78, 5) is 30.3. The quantitative estimate of drug-likeness (QED) is 0.374. The van der Waals surface area contributed by atoms with Crippen LogP contribution in [0, 0.1) is 19.8 Å². The number of hydrogen-bond acceptors (Lipinski definition) is 4. The first-order valence-electron chi connectivity index (χ1n) is 11.0. The van der Waals surface area contributed by atoms with Gasteiger partial charge in [-0.3, -0.25) is 9.59 Å². The molecule has 168 valence electrons. The number of anilines is 1. The van der Waals surface area contributed by atoms with Crippen molar-refractivity contribution in [3.8, 4) is 10.6 Å². The molecule has 0 saturated heterocycles. The maximum absolute atomic E-state index is 12.9. The fraction of sp³-hybridized carbons (Fsp3) is 0.222. The highest BCUT2D eigenvalue weighted by Gasteiger charge is 2.25. The van der Waals surface area contributed by atoms with Crippen molar-refractivity contribution in [3.05, 3.63) is 83.4 Å². The predicted octanol–water partition coefficient (Wildman–Crippen LogP) is 5.97. The lowest BCUT2D eigenvalue weighted by Crippen LogP contribution is -2.47. The third-order valence-corrected chi connectivity index (χ3v) is 6.56. The predicted molar refractivity (Wildman–Crippen MR) is 136 cm³/mol. The normalized spacial score (nSPS) is 12.0. The summed E-state index contributed by atoms with van der Waals surface area (Å²) in [5, 5.41) is 6.74. The highest BCUT2D eigenvalue weighted by atomic mass is 32.1. The maximum Gasteiger partial charge on any atom is 0.251 e. The van der Waals surface area contributed by atoms with Crippen LogP contribution >= 0.6 is 11.3 Å². The molecule has 2 N–H and O–H groups in total. The zero-order valence-corrected chi connectivity index (χ0v) is 20.0. The number of hydrogen-bond donors (Lipinski definition) is 2. The molecule has 4 aromatic rings. The van der Waals surface area contributed by atoms with Crippen LogP contribution in [0.1, 0.15) is 35.3 Å². The summed E-state index contributed by atoms with van der Waals surface area (Å²) in [5.74, 6) is -0.566. The van der Waals surface area contributed by atoms with Gasteiger partial charge >= 0.3 is 0 Å². The molecule has 3 aromatic carbocycles.